The number of anilines is 1. The highest BCUT2D eigenvalue weighted by Gasteiger charge is 2.52. The van der Waals surface area contributed by atoms with E-state index in [1.165, 1.54) is 37.7 Å². The van der Waals surface area contributed by atoms with Crippen LogP contribution in [0.5, 0.6) is 5.75 Å². The van der Waals surface area contributed by atoms with Crippen LogP contribution in [-0.4, -0.2) is 41.2 Å². The number of nitrogens with one attached hydrogen (secondary N) is 2. The minimum atomic E-state index is -4.89. The van der Waals surface area contributed by atoms with Crippen LogP contribution < -0.4 is 15.4 Å². The minimum absolute atomic E-state index is 0.00167. The minimum Gasteiger partial charge on any atom is -0.496 e. The average molecular weight is 678 g/mol. The molecule has 3 fully saturated rings. The molecule has 0 saturated heterocycles. The summed E-state index contributed by atoms with van der Waals surface area (Å²) in [4.78, 5) is 31.2. The highest BCUT2D eigenvalue weighted by Crippen LogP contribution is 2.51. The Morgan fingerprint density at radius 2 is 1.89 bits per heavy atom. The van der Waals surface area contributed by atoms with Gasteiger partial charge in [0.05, 0.1) is 39.9 Å². The van der Waals surface area contributed by atoms with Crippen LogP contribution in [0.3, 0.4) is 0 Å². The van der Waals surface area contributed by atoms with E-state index in [1.54, 1.807) is 12.1 Å². The highest BCUT2D eigenvalue weighted by molar-refractivity contribution is 7.19. The number of amides is 2. The number of hydrogen-bond donors (Lipinski definition) is 3. The van der Waals surface area contributed by atoms with Gasteiger partial charge in [0.2, 0.25) is 5.91 Å². The number of aromatic nitrogens is 1. The van der Waals surface area contributed by atoms with Gasteiger partial charge in [0, 0.05) is 11.7 Å². The highest BCUT2D eigenvalue weighted by atomic mass is 32.1. The Bertz CT molecular complexity index is 1630. The van der Waals surface area contributed by atoms with Gasteiger partial charge in [-0.15, -0.1) is 11.3 Å². The molecule has 7 unspecified atom stereocenters. The lowest BCUT2D eigenvalue weighted by molar-refractivity contribution is -0.140. The monoisotopic (exact) mass is 677 g/mol. The molecule has 256 valence electrons. The summed E-state index contributed by atoms with van der Waals surface area (Å²) >= 11 is 1.37. The molecule has 3 aromatic rings. The van der Waals surface area contributed by atoms with E-state index in [0.29, 0.717) is 33.7 Å². The standard InChI is InChI=1S/C25H23F4N3O3S.C10H20O/c1-11-30-17-7-8-18(35-2)20(22(17)36-11)24(34)32-21-13-4-3-12(9-13)19(21)23(33)31-14-5-6-16(26)15(10-14)25(27,28)29;1-4-5-8(2)6-10(3)7-9(10)11/h5-8,10,12-13,19,21H,3-4,9H2,1-2H3,(H,31,33)(H,32,34);8-9,11H,4-7H2,1-3H3. The van der Waals surface area contributed by atoms with Gasteiger partial charge >= 0.3 is 6.18 Å². The zero-order chi connectivity index (χ0) is 34.3. The summed E-state index contributed by atoms with van der Waals surface area (Å²) in [5.41, 5.74) is -0.293. The summed E-state index contributed by atoms with van der Waals surface area (Å²) in [6.45, 7) is 8.56. The van der Waals surface area contributed by atoms with Gasteiger partial charge in [0.25, 0.3) is 5.91 Å². The molecule has 7 nitrogen and oxygen atoms in total. The van der Waals surface area contributed by atoms with Crippen LogP contribution in [0, 0.1) is 41.8 Å². The van der Waals surface area contributed by atoms with E-state index in [4.69, 9.17) is 4.74 Å². The van der Waals surface area contributed by atoms with Crippen LogP contribution in [0.2, 0.25) is 0 Å². The molecular formula is C35H43F4N3O4S. The molecule has 3 N–H and O–H groups in total. The normalized spacial score (nSPS) is 26.8. The summed E-state index contributed by atoms with van der Waals surface area (Å²) < 4.78 is 59.1. The molecule has 3 aliphatic carbocycles. The van der Waals surface area contributed by atoms with Crippen molar-refractivity contribution >= 4 is 39.1 Å². The molecule has 0 radical (unpaired) electrons. The van der Waals surface area contributed by atoms with Crippen molar-refractivity contribution in [1.29, 1.82) is 0 Å². The van der Waals surface area contributed by atoms with Crippen LogP contribution in [0.1, 0.15) is 86.6 Å². The Morgan fingerprint density at radius 3 is 2.53 bits per heavy atom. The number of halogens is 4. The predicted octanol–water partition coefficient (Wildman–Crippen LogP) is 8.14. The molecule has 1 heterocycles. The number of aryl methyl sites for hydroxylation is 1. The lowest BCUT2D eigenvalue weighted by Crippen LogP contribution is -2.48. The summed E-state index contributed by atoms with van der Waals surface area (Å²) in [6.07, 6.45) is 2.30. The summed E-state index contributed by atoms with van der Waals surface area (Å²) in [5.74, 6) is -1.68. The third-order valence-corrected chi connectivity index (χ3v) is 11.0. The quantitative estimate of drug-likeness (QED) is 0.199. The number of carbonyl (C=O) groups excluding carboxylic acids is 2. The first-order valence-corrected chi connectivity index (χ1v) is 17.1. The number of ether oxygens (including phenoxy) is 1. The number of nitrogens with zero attached hydrogens (tertiary/aromatic N) is 1. The van der Waals surface area contributed by atoms with E-state index in [2.05, 4.69) is 36.4 Å². The van der Waals surface area contributed by atoms with Gasteiger partial charge < -0.3 is 20.5 Å². The lowest BCUT2D eigenvalue weighted by Gasteiger charge is -2.31. The van der Waals surface area contributed by atoms with Crippen LogP contribution in [0.15, 0.2) is 30.3 Å². The molecule has 3 saturated carbocycles. The van der Waals surface area contributed by atoms with E-state index in [-0.39, 0.29) is 29.0 Å². The number of rotatable bonds is 9. The Hall–Kier alpha value is -3.25. The maximum absolute atomic E-state index is 13.7. The maximum atomic E-state index is 13.7. The molecule has 12 heteroatoms. The average Bonchev–Trinajstić information content (AvgIpc) is 3.41. The molecule has 2 bridgehead atoms. The van der Waals surface area contributed by atoms with Gasteiger partial charge in [-0.2, -0.15) is 13.2 Å². The number of fused-ring (bicyclic) bond motifs is 3. The molecule has 0 spiro atoms. The number of hydrogen-bond acceptors (Lipinski definition) is 6. The Balaban J connectivity index is 0.000000335. The Morgan fingerprint density at radius 1 is 1.19 bits per heavy atom. The maximum Gasteiger partial charge on any atom is 0.419 e. The van der Waals surface area contributed by atoms with Crippen molar-refractivity contribution in [2.45, 2.75) is 91.0 Å². The first-order valence-electron chi connectivity index (χ1n) is 16.3. The van der Waals surface area contributed by atoms with Crippen molar-refractivity contribution < 1.29 is 37.0 Å². The molecule has 1 aromatic heterocycles. The first kappa shape index (κ1) is 35.1. The number of aliphatic hydroxyl groups excluding tert-OH is 1. The lowest BCUT2D eigenvalue weighted by atomic mass is 9.83. The van der Waals surface area contributed by atoms with E-state index >= 15 is 0 Å². The summed E-state index contributed by atoms with van der Waals surface area (Å²) in [6, 6.07) is 5.33. The number of methoxy groups -OCH3 is 1. The SMILES string of the molecule is CCCC(C)CC1(C)CC1O.COc1ccc2nc(C)sc2c1C(=O)NC1C2CCC(C2)C1C(=O)Nc1ccc(F)c(C(F)(F)F)c1. The van der Waals surface area contributed by atoms with Crippen LogP contribution in [-0.2, 0) is 11.0 Å². The zero-order valence-corrected chi connectivity index (χ0v) is 28.2. The van der Waals surface area contributed by atoms with Gasteiger partial charge in [-0.25, -0.2) is 9.37 Å². The molecule has 6 rings (SSSR count). The fourth-order valence-electron chi connectivity index (χ4n) is 7.61. The molecular weight excluding hydrogens is 634 g/mol. The first-order chi connectivity index (χ1) is 22.1. The molecule has 0 aliphatic heterocycles. The van der Waals surface area contributed by atoms with Crippen molar-refractivity contribution in [2.75, 3.05) is 12.4 Å². The van der Waals surface area contributed by atoms with E-state index in [9.17, 15) is 32.3 Å². The topological polar surface area (TPSA) is 101 Å². The Kier molecular flexibility index (Phi) is 10.2. The van der Waals surface area contributed by atoms with Crippen LogP contribution in [0.25, 0.3) is 10.2 Å². The predicted molar refractivity (Wildman–Crippen MR) is 174 cm³/mol. The van der Waals surface area contributed by atoms with Crippen molar-refractivity contribution in [1.82, 2.24) is 10.3 Å². The van der Waals surface area contributed by atoms with E-state index in [1.807, 2.05) is 6.92 Å². The number of thiazole rings is 1. The van der Waals surface area contributed by atoms with Crippen molar-refractivity contribution in [3.05, 3.63) is 52.3 Å². The fourth-order valence-corrected chi connectivity index (χ4v) is 8.56. The fraction of sp³-hybridized carbons (Fsp3) is 0.571. The van der Waals surface area contributed by atoms with Crippen LogP contribution in [0.4, 0.5) is 23.2 Å². The molecule has 2 amide bonds. The second-order valence-corrected chi connectivity index (χ2v) is 14.9. The van der Waals surface area contributed by atoms with Gasteiger partial charge in [0.15, 0.2) is 0 Å². The molecule has 47 heavy (non-hydrogen) atoms. The number of aliphatic hydroxyl groups is 1. The van der Waals surface area contributed by atoms with Crippen molar-refractivity contribution in [2.24, 2.45) is 29.1 Å². The van der Waals surface area contributed by atoms with Crippen LogP contribution >= 0.6 is 11.3 Å². The number of alkyl halides is 3. The summed E-state index contributed by atoms with van der Waals surface area (Å²) in [7, 11) is 1.47. The third-order valence-electron chi connectivity index (χ3n) is 10.0. The third kappa shape index (κ3) is 7.58. The molecule has 3 aliphatic rings. The Labute approximate surface area is 276 Å². The van der Waals surface area contributed by atoms with Crippen molar-refractivity contribution in [3.8, 4) is 5.75 Å². The smallest absolute Gasteiger partial charge is 0.419 e. The van der Waals surface area contributed by atoms with Gasteiger partial charge in [-0.3, -0.25) is 9.59 Å². The van der Waals surface area contributed by atoms with Crippen molar-refractivity contribution in [3.63, 3.8) is 0 Å². The van der Waals surface area contributed by atoms with Gasteiger partial charge in [-0.1, -0.05) is 33.6 Å². The zero-order valence-electron chi connectivity index (χ0n) is 27.3. The van der Waals surface area contributed by atoms with E-state index in [0.717, 1.165) is 42.7 Å². The molecule has 7 atom stereocenters. The largest absolute Gasteiger partial charge is 0.496 e. The second-order valence-electron chi connectivity index (χ2n) is 13.7. The van der Waals surface area contributed by atoms with E-state index < -0.39 is 41.3 Å². The second kappa shape index (κ2) is 13.7. The summed E-state index contributed by atoms with van der Waals surface area (Å²) in [5, 5.41) is 15.6. The van der Waals surface area contributed by atoms with Gasteiger partial charge in [0.1, 0.15) is 17.1 Å². The number of carbonyl (C=O) groups is 2. The number of benzene rings is 2. The molecule has 2 aromatic carbocycles. The van der Waals surface area contributed by atoms with Gasteiger partial charge in [-0.05, 0) is 92.5 Å².